The molecule has 1 aliphatic rings. The third kappa shape index (κ3) is 1.94. The van der Waals surface area contributed by atoms with Crippen molar-refractivity contribution >= 4 is 17.6 Å². The van der Waals surface area contributed by atoms with Gasteiger partial charge in [0.15, 0.2) is 5.78 Å². The monoisotopic (exact) mass is 197 g/mol. The lowest BCUT2D eigenvalue weighted by atomic mass is 9.92. The summed E-state index contributed by atoms with van der Waals surface area (Å²) in [5.41, 5.74) is 2.02. The molecule has 0 saturated heterocycles. The van der Waals surface area contributed by atoms with E-state index >= 15 is 0 Å². The van der Waals surface area contributed by atoms with E-state index in [4.69, 9.17) is 0 Å². The molecule has 0 unspecified atom stereocenters. The molecule has 2 heteroatoms. The Bertz CT molecular complexity index is 453. The summed E-state index contributed by atoms with van der Waals surface area (Å²) in [4.78, 5) is 22.0. The van der Waals surface area contributed by atoms with Crippen molar-refractivity contribution in [3.63, 3.8) is 0 Å². The molecule has 1 aromatic carbocycles. The van der Waals surface area contributed by atoms with Crippen LogP contribution in [0.5, 0.6) is 0 Å². The zero-order chi connectivity index (χ0) is 10.7. The van der Waals surface area contributed by atoms with Gasteiger partial charge in [0.2, 0.25) is 6.29 Å². The largest absolute Gasteiger partial charge is 0.294 e. The molecule has 0 amide bonds. The molecule has 15 heavy (non-hydrogen) atoms. The van der Waals surface area contributed by atoms with Gasteiger partial charge in [0.25, 0.3) is 0 Å². The highest BCUT2D eigenvalue weighted by atomic mass is 16.1. The molecule has 0 aromatic heterocycles. The van der Waals surface area contributed by atoms with Gasteiger partial charge < -0.3 is 0 Å². The number of benzene rings is 1. The Kier molecular flexibility index (Phi) is 2.59. The Hall–Kier alpha value is -1.96. The Labute approximate surface area is 87.9 Å². The van der Waals surface area contributed by atoms with Crippen LogP contribution in [0.2, 0.25) is 0 Å². The lowest BCUT2D eigenvalue weighted by Crippen LogP contribution is -2.03. The zero-order valence-electron chi connectivity index (χ0n) is 8.07. The summed E-state index contributed by atoms with van der Waals surface area (Å²) in [5.74, 6) is 0.0212. The molecule has 1 aromatic rings. The summed E-state index contributed by atoms with van der Waals surface area (Å²) < 4.78 is 0. The summed E-state index contributed by atoms with van der Waals surface area (Å²) in [7, 11) is 0. The van der Waals surface area contributed by atoms with E-state index in [2.05, 4.69) is 0 Å². The number of rotatable bonds is 2. The zero-order valence-corrected chi connectivity index (χ0v) is 8.07. The smallest absolute Gasteiger partial charge is 0.233 e. The number of hydrogen-bond acceptors (Lipinski definition) is 2. The first-order valence-electron chi connectivity index (χ1n) is 4.70. The fourth-order valence-corrected chi connectivity index (χ4v) is 1.56. The maximum absolute atomic E-state index is 11.3. The highest BCUT2D eigenvalue weighted by molar-refractivity contribution is 6.10. The predicted octanol–water partition coefficient (Wildman–Crippen LogP) is 2.08. The fraction of sp³-hybridized carbons (Fsp3) is 0.0769. The van der Waals surface area contributed by atoms with Gasteiger partial charge in [0.05, 0.1) is 0 Å². The van der Waals surface area contributed by atoms with Gasteiger partial charge in [-0.3, -0.25) is 9.59 Å². The van der Waals surface area contributed by atoms with Crippen molar-refractivity contribution in [2.45, 2.75) is 6.42 Å². The van der Waals surface area contributed by atoms with E-state index < -0.39 is 0 Å². The highest BCUT2D eigenvalue weighted by Crippen LogP contribution is 2.25. The highest BCUT2D eigenvalue weighted by Gasteiger charge is 2.14. The molecule has 0 atom stereocenters. The standard InChI is InChI=1S/C13H9O2/c14-9-11-6-7-12(15)8-13(11)10-4-2-1-3-5-10/h1-6,8H,7H2. The number of carbonyl (C=O) groups is 1. The first-order chi connectivity index (χ1) is 7.31. The van der Waals surface area contributed by atoms with Crippen LogP contribution >= 0.6 is 0 Å². The Morgan fingerprint density at radius 3 is 2.53 bits per heavy atom. The summed E-state index contributed by atoms with van der Waals surface area (Å²) in [6.07, 6.45) is 5.29. The topological polar surface area (TPSA) is 34.1 Å². The molecule has 2 rings (SSSR count). The van der Waals surface area contributed by atoms with Crippen molar-refractivity contribution in [1.29, 1.82) is 0 Å². The van der Waals surface area contributed by atoms with Crippen molar-refractivity contribution in [2.75, 3.05) is 0 Å². The summed E-state index contributed by atoms with van der Waals surface area (Å²) >= 11 is 0. The van der Waals surface area contributed by atoms with E-state index in [1.54, 1.807) is 6.08 Å². The molecule has 0 heterocycles. The third-order valence-corrected chi connectivity index (χ3v) is 2.30. The molecule has 2 nitrogen and oxygen atoms in total. The van der Waals surface area contributed by atoms with E-state index in [-0.39, 0.29) is 5.78 Å². The summed E-state index contributed by atoms with van der Waals surface area (Å²) in [6, 6.07) is 9.38. The van der Waals surface area contributed by atoms with Crippen molar-refractivity contribution < 1.29 is 9.59 Å². The van der Waals surface area contributed by atoms with Crippen LogP contribution in [-0.4, -0.2) is 12.1 Å². The van der Waals surface area contributed by atoms with Crippen LogP contribution in [0.1, 0.15) is 12.0 Å². The van der Waals surface area contributed by atoms with Crippen LogP contribution in [0, 0.1) is 0 Å². The molecule has 0 bridgehead atoms. The van der Waals surface area contributed by atoms with E-state index in [1.807, 2.05) is 36.6 Å². The SMILES string of the molecule is O=[C]C1=CCC(=O)C=C1c1ccccc1. The Morgan fingerprint density at radius 1 is 1.13 bits per heavy atom. The van der Waals surface area contributed by atoms with Crippen molar-refractivity contribution in [3.8, 4) is 0 Å². The van der Waals surface area contributed by atoms with Crippen LogP contribution in [0.15, 0.2) is 48.1 Å². The van der Waals surface area contributed by atoms with Gasteiger partial charge in [-0.15, -0.1) is 0 Å². The van der Waals surface area contributed by atoms with E-state index in [9.17, 15) is 9.59 Å². The van der Waals surface area contributed by atoms with E-state index in [0.29, 0.717) is 17.6 Å². The lowest BCUT2D eigenvalue weighted by Gasteiger charge is -2.10. The lowest BCUT2D eigenvalue weighted by molar-refractivity contribution is -0.113. The molecule has 0 N–H and O–H groups in total. The van der Waals surface area contributed by atoms with Gasteiger partial charge in [-0.2, -0.15) is 0 Å². The quantitative estimate of drug-likeness (QED) is 0.727. The summed E-state index contributed by atoms with van der Waals surface area (Å²) in [5, 5.41) is 0. The maximum Gasteiger partial charge on any atom is 0.233 e. The first-order valence-corrected chi connectivity index (χ1v) is 4.70. The Morgan fingerprint density at radius 2 is 1.87 bits per heavy atom. The van der Waals surface area contributed by atoms with Gasteiger partial charge in [-0.05, 0) is 17.2 Å². The van der Waals surface area contributed by atoms with Crippen molar-refractivity contribution in [3.05, 3.63) is 53.6 Å². The second-order valence-electron chi connectivity index (χ2n) is 3.31. The predicted molar refractivity (Wildman–Crippen MR) is 57.8 cm³/mol. The number of carbonyl (C=O) groups excluding carboxylic acids is 2. The normalized spacial score (nSPS) is 15.6. The van der Waals surface area contributed by atoms with Crippen LogP contribution in [0.3, 0.4) is 0 Å². The van der Waals surface area contributed by atoms with Crippen molar-refractivity contribution in [2.24, 2.45) is 0 Å². The molecular weight excluding hydrogens is 188 g/mol. The number of hydrogen-bond donors (Lipinski definition) is 0. The van der Waals surface area contributed by atoms with Gasteiger partial charge in [0.1, 0.15) is 0 Å². The van der Waals surface area contributed by atoms with Gasteiger partial charge >= 0.3 is 0 Å². The second-order valence-corrected chi connectivity index (χ2v) is 3.31. The van der Waals surface area contributed by atoms with Crippen LogP contribution in [-0.2, 0) is 9.59 Å². The molecule has 0 saturated carbocycles. The summed E-state index contributed by atoms with van der Waals surface area (Å²) in [6.45, 7) is 0. The Balaban J connectivity index is 2.46. The van der Waals surface area contributed by atoms with Crippen LogP contribution < -0.4 is 0 Å². The van der Waals surface area contributed by atoms with E-state index in [0.717, 1.165) is 5.56 Å². The van der Waals surface area contributed by atoms with Gasteiger partial charge in [-0.25, -0.2) is 0 Å². The number of ketones is 1. The molecule has 1 radical (unpaired) electrons. The molecule has 0 aliphatic heterocycles. The minimum atomic E-state index is 0.0212. The maximum atomic E-state index is 11.3. The van der Waals surface area contributed by atoms with Gasteiger partial charge in [0, 0.05) is 12.0 Å². The van der Waals surface area contributed by atoms with Crippen LogP contribution in [0.25, 0.3) is 5.57 Å². The van der Waals surface area contributed by atoms with Crippen LogP contribution in [0.4, 0.5) is 0 Å². The molecule has 0 spiro atoms. The molecule has 73 valence electrons. The third-order valence-electron chi connectivity index (χ3n) is 2.30. The number of allylic oxidation sites excluding steroid dienone is 4. The minimum absolute atomic E-state index is 0.0212. The fourth-order valence-electron chi connectivity index (χ4n) is 1.56. The average molecular weight is 197 g/mol. The first kappa shape index (κ1) is 9.59. The second kappa shape index (κ2) is 4.05. The molecule has 1 aliphatic carbocycles. The average Bonchev–Trinajstić information content (AvgIpc) is 2.30. The molecular formula is C13H9O2. The van der Waals surface area contributed by atoms with Gasteiger partial charge in [-0.1, -0.05) is 36.4 Å². The minimum Gasteiger partial charge on any atom is -0.294 e. The van der Waals surface area contributed by atoms with Crippen molar-refractivity contribution in [1.82, 2.24) is 0 Å². The molecule has 0 fully saturated rings. The van der Waals surface area contributed by atoms with E-state index in [1.165, 1.54) is 6.08 Å².